The van der Waals surface area contributed by atoms with Gasteiger partial charge < -0.3 is 18.9 Å². The molecule has 0 spiro atoms. The minimum atomic E-state index is -5.62. The monoisotopic (exact) mass is 1370 g/mol. The van der Waals surface area contributed by atoms with Crippen LogP contribution in [-0.2, 0) is 14.9 Å². The highest BCUT2D eigenvalue weighted by Crippen LogP contribution is 2.41. The summed E-state index contributed by atoms with van der Waals surface area (Å²) >= 11 is 29.2. The Morgan fingerprint density at radius 3 is 1.02 bits per heavy atom. The Balaban J connectivity index is 2.02. The number of halogens is 12. The van der Waals surface area contributed by atoms with Crippen molar-refractivity contribution in [3.05, 3.63) is 111 Å². The average Bonchev–Trinajstić information content (AvgIpc) is 3.03. The van der Waals surface area contributed by atoms with E-state index in [1.807, 2.05) is 0 Å². The molecule has 4 aromatic carbocycles. The lowest BCUT2D eigenvalue weighted by atomic mass is 9.97. The summed E-state index contributed by atoms with van der Waals surface area (Å²) in [4.78, 5) is 55.7. The Morgan fingerprint density at radius 1 is 0.536 bits per heavy atom. The van der Waals surface area contributed by atoms with Gasteiger partial charge in [0.1, 0.15) is 5.75 Å². The van der Waals surface area contributed by atoms with Crippen LogP contribution in [0.4, 0.5) is 13.2 Å². The van der Waals surface area contributed by atoms with Crippen LogP contribution in [0.15, 0.2) is 88.8 Å². The normalized spacial score (nSPS) is 12.8. The van der Waals surface area contributed by atoms with E-state index in [-0.39, 0.29) is 51.0 Å². The lowest BCUT2D eigenvalue weighted by molar-refractivity contribution is -0.243. The Hall–Kier alpha value is -1.22. The minimum absolute atomic E-state index is 0.127. The molecule has 0 saturated heterocycles. The standard InChI is InChI=1S/C32H14Br9F3O11S/c1-31(32(42,43)44,10-56(49,50)51)55-30(48)17-9-15(28(46)53-25-20(38)4-12(34)5-21(25)39)14(27(45)52-24-18(36)2-11(33)3-19(24)37)8-16(17)29(47)54-26-22(40)6-13(35)7-23(26)41/h2-9H,10H2,1H3,(H,49,50,51). The Labute approximate surface area is 390 Å². The van der Waals surface area contributed by atoms with Gasteiger partial charge in [0.05, 0.1) is 49.1 Å². The van der Waals surface area contributed by atoms with Gasteiger partial charge in [0.25, 0.3) is 10.1 Å². The molecule has 298 valence electrons. The van der Waals surface area contributed by atoms with Gasteiger partial charge in [-0.15, -0.1) is 0 Å². The number of carbonyl (C=O) groups excluding carboxylic acids is 4. The molecule has 0 fully saturated rings. The number of rotatable bonds is 10. The van der Waals surface area contributed by atoms with Gasteiger partial charge in [0.2, 0.25) is 5.60 Å². The van der Waals surface area contributed by atoms with Gasteiger partial charge in [-0.1, -0.05) is 47.8 Å². The molecule has 0 aliphatic carbocycles. The number of hydrogen-bond donors (Lipinski definition) is 1. The van der Waals surface area contributed by atoms with Gasteiger partial charge in [-0.05, 0) is 151 Å². The van der Waals surface area contributed by atoms with Gasteiger partial charge in [-0.25, -0.2) is 19.2 Å². The number of alkyl halides is 3. The first kappa shape index (κ1) is 47.5. The molecule has 24 heteroatoms. The highest BCUT2D eigenvalue weighted by molar-refractivity contribution is 9.12. The first-order valence-electron chi connectivity index (χ1n) is 14.2. The average molecular weight is 1380 g/mol. The maximum absolute atomic E-state index is 14.3. The summed E-state index contributed by atoms with van der Waals surface area (Å²) < 4.78 is 99.5. The van der Waals surface area contributed by atoms with Crippen molar-refractivity contribution in [3.8, 4) is 17.2 Å². The maximum atomic E-state index is 14.3. The first-order chi connectivity index (χ1) is 25.7. The number of carbonyl (C=O) groups is 4. The molecule has 4 rings (SSSR count). The molecule has 0 saturated carbocycles. The van der Waals surface area contributed by atoms with E-state index in [0.29, 0.717) is 25.6 Å². The van der Waals surface area contributed by atoms with Crippen LogP contribution in [0.1, 0.15) is 48.4 Å². The molecule has 0 aromatic heterocycles. The molecule has 1 atom stereocenters. The van der Waals surface area contributed by atoms with E-state index < -0.39 is 73.8 Å². The molecule has 1 N–H and O–H groups in total. The first-order valence-corrected chi connectivity index (χ1v) is 23.0. The summed E-state index contributed by atoms with van der Waals surface area (Å²) in [5.41, 5.74) is -7.62. The predicted octanol–water partition coefficient (Wildman–Crippen LogP) is 12.6. The fourth-order valence-electron chi connectivity index (χ4n) is 4.37. The summed E-state index contributed by atoms with van der Waals surface area (Å²) in [5.74, 6) is -8.92. The fraction of sp³-hybridized carbons (Fsp3) is 0.125. The van der Waals surface area contributed by atoms with Crippen molar-refractivity contribution in [2.45, 2.75) is 18.7 Å². The molecule has 56 heavy (non-hydrogen) atoms. The van der Waals surface area contributed by atoms with Crippen LogP contribution in [-0.4, -0.2) is 54.4 Å². The summed E-state index contributed by atoms with van der Waals surface area (Å²) in [6, 6.07) is 10.0. The lowest BCUT2D eigenvalue weighted by Crippen LogP contribution is -2.51. The maximum Gasteiger partial charge on any atom is 0.429 e. The van der Waals surface area contributed by atoms with E-state index in [9.17, 15) is 45.3 Å². The van der Waals surface area contributed by atoms with Crippen molar-refractivity contribution >= 4 is 177 Å². The smallest absolute Gasteiger partial charge is 0.429 e. The van der Waals surface area contributed by atoms with Crippen LogP contribution in [0.2, 0.25) is 0 Å². The van der Waals surface area contributed by atoms with Crippen molar-refractivity contribution < 1.29 is 64.3 Å². The van der Waals surface area contributed by atoms with Crippen molar-refractivity contribution in [1.29, 1.82) is 0 Å². The molecule has 0 aliphatic heterocycles. The zero-order valence-electron chi connectivity index (χ0n) is 26.8. The van der Waals surface area contributed by atoms with E-state index in [4.69, 9.17) is 14.2 Å². The van der Waals surface area contributed by atoms with Crippen molar-refractivity contribution in [2.24, 2.45) is 0 Å². The number of esters is 4. The highest BCUT2D eigenvalue weighted by atomic mass is 79.9. The van der Waals surface area contributed by atoms with Gasteiger partial charge in [-0.3, -0.25) is 4.55 Å². The SMILES string of the molecule is CC(CS(=O)(=O)O)(OC(=O)c1cc(C(=O)Oc2c(Br)cc(Br)cc2Br)c(C(=O)Oc2c(Br)cc(Br)cc2Br)cc1C(=O)Oc1c(Br)cc(Br)cc1Br)C(F)(F)F. The Bertz CT molecular complexity index is 2360. The number of benzene rings is 4. The third kappa shape index (κ3) is 11.5. The predicted molar refractivity (Wildman–Crippen MR) is 226 cm³/mol. The molecule has 0 bridgehead atoms. The summed E-state index contributed by atoms with van der Waals surface area (Å²) in [5, 5.41) is 0. The summed E-state index contributed by atoms with van der Waals surface area (Å²) in [6.45, 7) is 0.157. The largest absolute Gasteiger partial charge is 0.445 e. The highest BCUT2D eigenvalue weighted by Gasteiger charge is 2.57. The molecule has 4 aromatic rings. The molecule has 1 unspecified atom stereocenters. The fourth-order valence-corrected chi connectivity index (χ4v) is 12.6. The zero-order valence-corrected chi connectivity index (χ0v) is 41.9. The second kappa shape index (κ2) is 18.6. The number of ether oxygens (including phenoxy) is 4. The van der Waals surface area contributed by atoms with Crippen LogP contribution in [0, 0.1) is 0 Å². The van der Waals surface area contributed by atoms with Crippen LogP contribution in [0.5, 0.6) is 17.2 Å². The third-order valence-corrected chi connectivity index (χ3v) is 12.7. The topological polar surface area (TPSA) is 160 Å². The molecule has 0 aliphatic rings. The van der Waals surface area contributed by atoms with E-state index in [2.05, 4.69) is 148 Å². The van der Waals surface area contributed by atoms with Crippen LogP contribution >= 0.6 is 143 Å². The molecule has 0 heterocycles. The van der Waals surface area contributed by atoms with E-state index in [1.165, 1.54) is 36.4 Å². The van der Waals surface area contributed by atoms with Gasteiger partial charge in [-0.2, -0.15) is 21.6 Å². The summed E-state index contributed by atoms with van der Waals surface area (Å²) in [7, 11) is -5.46. The molecular weight excluding hydrogens is 1370 g/mol. The number of hydrogen-bond acceptors (Lipinski definition) is 10. The summed E-state index contributed by atoms with van der Waals surface area (Å²) in [6.07, 6.45) is -5.62. The van der Waals surface area contributed by atoms with Crippen molar-refractivity contribution in [2.75, 3.05) is 5.75 Å². The minimum Gasteiger partial charge on any atom is -0.445 e. The molecule has 0 amide bonds. The van der Waals surface area contributed by atoms with Crippen LogP contribution in [0.25, 0.3) is 0 Å². The lowest BCUT2D eigenvalue weighted by Gasteiger charge is -2.30. The molecule has 0 radical (unpaired) electrons. The Morgan fingerprint density at radius 2 is 0.786 bits per heavy atom. The van der Waals surface area contributed by atoms with Crippen molar-refractivity contribution in [1.82, 2.24) is 0 Å². The zero-order chi connectivity index (χ0) is 42.2. The molecular formula is C32H14Br9F3O11S. The molecule has 11 nitrogen and oxygen atoms in total. The van der Waals surface area contributed by atoms with Crippen molar-refractivity contribution in [3.63, 3.8) is 0 Å². The van der Waals surface area contributed by atoms with Crippen LogP contribution < -0.4 is 14.2 Å². The van der Waals surface area contributed by atoms with Gasteiger partial charge >= 0.3 is 30.1 Å². The van der Waals surface area contributed by atoms with Gasteiger partial charge in [0.15, 0.2) is 17.2 Å². The van der Waals surface area contributed by atoms with E-state index >= 15 is 0 Å². The second-order valence-corrected chi connectivity index (χ2v) is 20.4. The Kier molecular flexibility index (Phi) is 15.8. The van der Waals surface area contributed by atoms with E-state index in [0.717, 1.165) is 0 Å². The van der Waals surface area contributed by atoms with Crippen LogP contribution in [0.3, 0.4) is 0 Å². The quantitative estimate of drug-likeness (QED) is 0.0914. The van der Waals surface area contributed by atoms with E-state index in [1.54, 1.807) is 0 Å². The van der Waals surface area contributed by atoms with Gasteiger partial charge in [0, 0.05) is 13.4 Å². The second-order valence-electron chi connectivity index (χ2n) is 11.1. The third-order valence-electron chi connectivity index (χ3n) is 6.89.